The fourth-order valence-corrected chi connectivity index (χ4v) is 3.56. The minimum absolute atomic E-state index is 0.00440. The average molecular weight is 439 g/mol. The number of amides is 2. The van der Waals surface area contributed by atoms with E-state index in [2.05, 4.69) is 5.32 Å². The van der Waals surface area contributed by atoms with Crippen LogP contribution >= 0.6 is 11.6 Å². The Kier molecular flexibility index (Phi) is 5.33. The van der Waals surface area contributed by atoms with Gasteiger partial charge in [-0.25, -0.2) is 13.7 Å². The molecule has 3 aromatic carbocycles. The highest BCUT2D eigenvalue weighted by Crippen LogP contribution is 2.36. The summed E-state index contributed by atoms with van der Waals surface area (Å²) in [6.45, 7) is 3.82. The lowest BCUT2D eigenvalue weighted by Crippen LogP contribution is -2.33. The summed E-state index contributed by atoms with van der Waals surface area (Å²) >= 11 is 5.97. The minimum Gasteiger partial charge on any atom is -0.350 e. The number of nitrogens with zero attached hydrogens (tertiary/aromatic N) is 1. The van der Waals surface area contributed by atoms with E-state index in [0.717, 1.165) is 23.3 Å². The lowest BCUT2D eigenvalue weighted by Gasteiger charge is -2.16. The Bertz CT molecular complexity index is 1250. The van der Waals surface area contributed by atoms with Gasteiger partial charge in [-0.15, -0.1) is 0 Å². The molecule has 0 spiro atoms. The molecule has 0 aliphatic carbocycles. The first-order valence-corrected chi connectivity index (χ1v) is 9.83. The molecule has 4 rings (SSSR count). The van der Waals surface area contributed by atoms with E-state index in [0.29, 0.717) is 27.2 Å². The topological polar surface area (TPSA) is 49.4 Å². The predicted molar refractivity (Wildman–Crippen MR) is 117 cm³/mol. The summed E-state index contributed by atoms with van der Waals surface area (Å²) < 4.78 is 27.9. The van der Waals surface area contributed by atoms with E-state index in [-0.39, 0.29) is 17.0 Å². The number of hydrogen-bond acceptors (Lipinski definition) is 3. The number of carbonyl (C=O) groups is 2. The number of benzene rings is 3. The monoisotopic (exact) mass is 438 g/mol. The minimum atomic E-state index is -1.01. The molecule has 0 atom stereocenters. The van der Waals surface area contributed by atoms with Crippen molar-refractivity contribution in [3.8, 4) is 0 Å². The van der Waals surface area contributed by atoms with Crippen molar-refractivity contribution in [1.82, 2.24) is 0 Å². The second-order valence-corrected chi connectivity index (χ2v) is 7.61. The number of hydrogen-bond donors (Lipinski definition) is 1. The van der Waals surface area contributed by atoms with Crippen LogP contribution in [0.1, 0.15) is 16.7 Å². The average Bonchev–Trinajstić information content (AvgIpc) is 2.96. The Labute approximate surface area is 182 Å². The molecule has 3 aromatic rings. The maximum absolute atomic E-state index is 14.5. The fraction of sp³-hybridized carbons (Fsp3) is 0.0833. The molecule has 0 saturated carbocycles. The van der Waals surface area contributed by atoms with Gasteiger partial charge in [-0.05, 0) is 60.9 Å². The van der Waals surface area contributed by atoms with Gasteiger partial charge < -0.3 is 5.32 Å². The smallest absolute Gasteiger partial charge is 0.282 e. The quantitative estimate of drug-likeness (QED) is 0.537. The number of imide groups is 1. The Morgan fingerprint density at radius 3 is 2.29 bits per heavy atom. The molecule has 31 heavy (non-hydrogen) atoms. The van der Waals surface area contributed by atoms with Crippen LogP contribution in [-0.4, -0.2) is 11.8 Å². The van der Waals surface area contributed by atoms with Crippen LogP contribution in [0.3, 0.4) is 0 Å². The molecule has 4 nitrogen and oxygen atoms in total. The molecule has 0 saturated heterocycles. The highest BCUT2D eigenvalue weighted by Gasteiger charge is 2.41. The van der Waals surface area contributed by atoms with E-state index in [1.807, 2.05) is 26.0 Å². The van der Waals surface area contributed by atoms with Gasteiger partial charge in [-0.3, -0.25) is 9.59 Å². The Morgan fingerprint density at radius 1 is 0.903 bits per heavy atom. The van der Waals surface area contributed by atoms with Crippen LogP contribution in [0, 0.1) is 25.5 Å². The first-order chi connectivity index (χ1) is 14.8. The summed E-state index contributed by atoms with van der Waals surface area (Å²) in [7, 11) is 0. The Hall–Kier alpha value is -3.51. The molecule has 1 aliphatic rings. The van der Waals surface area contributed by atoms with Gasteiger partial charge in [-0.2, -0.15) is 0 Å². The summed E-state index contributed by atoms with van der Waals surface area (Å²) in [4.78, 5) is 27.3. The molecular weight excluding hydrogens is 422 g/mol. The van der Waals surface area contributed by atoms with Crippen LogP contribution in [0.15, 0.2) is 66.4 Å². The zero-order chi connectivity index (χ0) is 22.3. The molecule has 0 unspecified atom stereocenters. The summed E-state index contributed by atoms with van der Waals surface area (Å²) in [6, 6.07) is 14.6. The lowest BCUT2D eigenvalue weighted by atomic mass is 10.0. The van der Waals surface area contributed by atoms with Gasteiger partial charge in [0.2, 0.25) is 0 Å². The largest absolute Gasteiger partial charge is 0.350 e. The van der Waals surface area contributed by atoms with E-state index < -0.39 is 23.4 Å². The van der Waals surface area contributed by atoms with Crippen molar-refractivity contribution < 1.29 is 18.4 Å². The van der Waals surface area contributed by atoms with E-state index in [1.165, 1.54) is 0 Å². The third-order valence-corrected chi connectivity index (χ3v) is 5.48. The third-order valence-electron chi connectivity index (χ3n) is 5.23. The van der Waals surface area contributed by atoms with Crippen molar-refractivity contribution in [2.24, 2.45) is 0 Å². The summed E-state index contributed by atoms with van der Waals surface area (Å²) in [5.41, 5.74) is 2.75. The number of nitrogens with one attached hydrogen (secondary N) is 1. The molecule has 1 heterocycles. The summed E-state index contributed by atoms with van der Waals surface area (Å²) in [5.74, 6) is -3.27. The molecule has 1 aliphatic heterocycles. The van der Waals surface area contributed by atoms with Crippen molar-refractivity contribution in [3.63, 3.8) is 0 Å². The SMILES string of the molecule is Cc1cccc(NC2=C(c3ccc(Cl)cc3)C(=O)N(c3ccc(F)cc3F)C2=O)c1C. The van der Waals surface area contributed by atoms with E-state index >= 15 is 0 Å². The maximum atomic E-state index is 14.5. The van der Waals surface area contributed by atoms with Crippen molar-refractivity contribution in [2.75, 3.05) is 10.2 Å². The molecule has 2 amide bonds. The van der Waals surface area contributed by atoms with E-state index in [4.69, 9.17) is 11.6 Å². The van der Waals surface area contributed by atoms with Crippen LogP contribution in [0.4, 0.5) is 20.2 Å². The van der Waals surface area contributed by atoms with Crippen molar-refractivity contribution in [1.29, 1.82) is 0 Å². The Morgan fingerprint density at radius 2 is 1.61 bits per heavy atom. The van der Waals surface area contributed by atoms with Crippen molar-refractivity contribution in [2.45, 2.75) is 13.8 Å². The fourth-order valence-electron chi connectivity index (χ4n) is 3.43. The molecule has 156 valence electrons. The zero-order valence-corrected chi connectivity index (χ0v) is 17.4. The molecule has 0 aromatic heterocycles. The summed E-state index contributed by atoms with van der Waals surface area (Å²) in [5, 5.41) is 3.53. The van der Waals surface area contributed by atoms with Crippen molar-refractivity contribution in [3.05, 3.63) is 99.7 Å². The standard InChI is InChI=1S/C24H17ClF2N2O2/c1-13-4-3-5-19(14(13)2)28-22-21(15-6-8-16(25)9-7-15)23(30)29(24(22)31)20-11-10-17(26)12-18(20)27/h3-12,28H,1-2H3. The number of aryl methyl sites for hydroxylation is 1. The van der Waals surface area contributed by atoms with Crippen LogP contribution in [0.2, 0.25) is 5.02 Å². The highest BCUT2D eigenvalue weighted by molar-refractivity contribution is 6.46. The van der Waals surface area contributed by atoms with Crippen molar-refractivity contribution >= 4 is 40.4 Å². The van der Waals surface area contributed by atoms with Crippen LogP contribution in [0.5, 0.6) is 0 Å². The molecule has 0 bridgehead atoms. The maximum Gasteiger partial charge on any atom is 0.282 e. The number of anilines is 2. The van der Waals surface area contributed by atoms with Gasteiger partial charge in [0.25, 0.3) is 11.8 Å². The molecular formula is C24H17ClF2N2O2. The van der Waals surface area contributed by atoms with Gasteiger partial charge in [-0.1, -0.05) is 35.9 Å². The number of halogens is 3. The molecule has 0 radical (unpaired) electrons. The second-order valence-electron chi connectivity index (χ2n) is 7.17. The molecule has 0 fully saturated rings. The first kappa shape index (κ1) is 20.8. The number of rotatable bonds is 4. The van der Waals surface area contributed by atoms with Gasteiger partial charge in [0.15, 0.2) is 0 Å². The predicted octanol–water partition coefficient (Wildman–Crippen LogP) is 5.63. The van der Waals surface area contributed by atoms with Gasteiger partial charge in [0, 0.05) is 16.8 Å². The van der Waals surface area contributed by atoms with Gasteiger partial charge in [0.1, 0.15) is 17.3 Å². The lowest BCUT2D eigenvalue weighted by molar-refractivity contribution is -0.120. The summed E-state index contributed by atoms with van der Waals surface area (Å²) in [6.07, 6.45) is 0. The Balaban J connectivity index is 1.87. The van der Waals surface area contributed by atoms with Gasteiger partial charge >= 0.3 is 0 Å². The highest BCUT2D eigenvalue weighted by atomic mass is 35.5. The van der Waals surface area contributed by atoms with E-state index in [1.54, 1.807) is 30.3 Å². The van der Waals surface area contributed by atoms with Crippen LogP contribution in [-0.2, 0) is 9.59 Å². The molecule has 1 N–H and O–H groups in total. The first-order valence-electron chi connectivity index (χ1n) is 9.45. The van der Waals surface area contributed by atoms with Crippen LogP contribution in [0.25, 0.3) is 5.57 Å². The number of carbonyl (C=O) groups excluding carboxylic acids is 2. The van der Waals surface area contributed by atoms with Gasteiger partial charge in [0.05, 0.1) is 11.3 Å². The third kappa shape index (κ3) is 3.70. The second kappa shape index (κ2) is 7.96. The zero-order valence-electron chi connectivity index (χ0n) is 16.7. The normalized spacial score (nSPS) is 13.9. The van der Waals surface area contributed by atoms with E-state index in [9.17, 15) is 18.4 Å². The molecule has 7 heteroatoms. The van der Waals surface area contributed by atoms with Crippen LogP contribution < -0.4 is 10.2 Å².